The van der Waals surface area contributed by atoms with Crippen molar-refractivity contribution in [3.63, 3.8) is 0 Å². The van der Waals surface area contributed by atoms with E-state index in [1.807, 2.05) is 36.1 Å². The smallest absolute Gasteiger partial charge is 0.290 e. The van der Waals surface area contributed by atoms with E-state index in [-0.39, 0.29) is 5.56 Å². The Hall–Kier alpha value is -3.00. The molecule has 3 heterocycles. The number of piperazine rings is 1. The summed E-state index contributed by atoms with van der Waals surface area (Å²) in [6.07, 6.45) is 3.15. The van der Waals surface area contributed by atoms with Gasteiger partial charge in [-0.1, -0.05) is 22.9 Å². The highest BCUT2D eigenvalue weighted by Crippen LogP contribution is 2.18. The van der Waals surface area contributed by atoms with Crippen LogP contribution in [0.4, 0.5) is 5.82 Å². The first-order valence-electron chi connectivity index (χ1n) is 8.60. The van der Waals surface area contributed by atoms with Crippen LogP contribution in [0.15, 0.2) is 46.0 Å². The highest BCUT2D eigenvalue weighted by atomic mass is 16.5. The summed E-state index contributed by atoms with van der Waals surface area (Å²) in [5, 5.41) is 4.09. The summed E-state index contributed by atoms with van der Waals surface area (Å²) in [5.74, 6) is 1.69. The molecule has 0 amide bonds. The van der Waals surface area contributed by atoms with Gasteiger partial charge in [-0.2, -0.15) is 4.98 Å². The van der Waals surface area contributed by atoms with Gasteiger partial charge in [0.25, 0.3) is 11.4 Å². The lowest BCUT2D eigenvalue weighted by Crippen LogP contribution is -2.47. The van der Waals surface area contributed by atoms with Crippen LogP contribution in [0.25, 0.3) is 11.5 Å². The van der Waals surface area contributed by atoms with Gasteiger partial charge in [-0.05, 0) is 19.1 Å². The van der Waals surface area contributed by atoms with E-state index in [4.69, 9.17) is 4.52 Å². The minimum Gasteiger partial charge on any atom is -0.349 e. The second-order valence-corrected chi connectivity index (χ2v) is 6.39. The summed E-state index contributed by atoms with van der Waals surface area (Å²) in [7, 11) is 0. The lowest BCUT2D eigenvalue weighted by atomic mass is 10.1. The molecule has 1 fully saturated rings. The Morgan fingerprint density at radius 3 is 2.65 bits per heavy atom. The van der Waals surface area contributed by atoms with Crippen molar-refractivity contribution in [1.29, 1.82) is 0 Å². The first-order chi connectivity index (χ1) is 12.7. The minimum absolute atomic E-state index is 0.151. The first-order valence-corrected chi connectivity index (χ1v) is 8.60. The minimum atomic E-state index is -0.151. The Bertz CT molecular complexity index is 925. The Labute approximate surface area is 150 Å². The Kier molecular flexibility index (Phi) is 4.49. The van der Waals surface area contributed by atoms with Gasteiger partial charge in [0.2, 0.25) is 0 Å². The number of aromatic nitrogens is 4. The van der Waals surface area contributed by atoms with Crippen molar-refractivity contribution < 1.29 is 4.52 Å². The second-order valence-electron chi connectivity index (χ2n) is 6.39. The molecule has 1 N–H and O–H groups in total. The summed E-state index contributed by atoms with van der Waals surface area (Å²) < 4.78 is 5.38. The summed E-state index contributed by atoms with van der Waals surface area (Å²) >= 11 is 0. The molecule has 0 aliphatic carbocycles. The van der Waals surface area contributed by atoms with Crippen LogP contribution in [0.2, 0.25) is 0 Å². The van der Waals surface area contributed by atoms with Crippen LogP contribution in [0.3, 0.4) is 0 Å². The van der Waals surface area contributed by atoms with Crippen LogP contribution in [0, 0.1) is 6.92 Å². The third kappa shape index (κ3) is 3.50. The molecule has 26 heavy (non-hydrogen) atoms. The monoisotopic (exact) mass is 352 g/mol. The molecule has 4 rings (SSSR count). The average molecular weight is 352 g/mol. The van der Waals surface area contributed by atoms with Crippen molar-refractivity contribution in [3.8, 4) is 11.5 Å². The van der Waals surface area contributed by atoms with Gasteiger partial charge in [-0.15, -0.1) is 0 Å². The molecule has 8 heteroatoms. The molecular weight excluding hydrogens is 332 g/mol. The van der Waals surface area contributed by atoms with E-state index in [0.29, 0.717) is 24.1 Å². The van der Waals surface area contributed by atoms with Crippen LogP contribution in [-0.4, -0.2) is 51.2 Å². The third-order valence-corrected chi connectivity index (χ3v) is 4.49. The van der Waals surface area contributed by atoms with Gasteiger partial charge in [-0.3, -0.25) is 9.69 Å². The number of aryl methyl sites for hydroxylation is 1. The zero-order chi connectivity index (χ0) is 17.9. The van der Waals surface area contributed by atoms with Gasteiger partial charge in [0.15, 0.2) is 11.6 Å². The van der Waals surface area contributed by atoms with Gasteiger partial charge in [0.05, 0.1) is 6.54 Å². The first kappa shape index (κ1) is 16.5. The predicted octanol–water partition coefficient (Wildman–Crippen LogP) is 1.45. The molecule has 0 bridgehead atoms. The molecule has 0 radical (unpaired) electrons. The number of benzene rings is 1. The van der Waals surface area contributed by atoms with E-state index in [0.717, 1.165) is 31.7 Å². The normalized spacial score (nSPS) is 15.3. The molecular formula is C18H20N6O2. The van der Waals surface area contributed by atoms with Crippen LogP contribution in [0.5, 0.6) is 0 Å². The van der Waals surface area contributed by atoms with Crippen LogP contribution in [-0.2, 0) is 6.54 Å². The van der Waals surface area contributed by atoms with Crippen molar-refractivity contribution in [2.45, 2.75) is 13.5 Å². The van der Waals surface area contributed by atoms with E-state index in [1.165, 1.54) is 5.56 Å². The molecule has 1 aliphatic rings. The van der Waals surface area contributed by atoms with Crippen LogP contribution < -0.4 is 10.5 Å². The van der Waals surface area contributed by atoms with Gasteiger partial charge >= 0.3 is 0 Å². The van der Waals surface area contributed by atoms with E-state index in [1.54, 1.807) is 12.4 Å². The number of rotatable bonds is 4. The highest BCUT2D eigenvalue weighted by molar-refractivity contribution is 5.53. The fourth-order valence-electron chi connectivity index (χ4n) is 3.02. The number of nitrogens with one attached hydrogen (secondary N) is 1. The van der Waals surface area contributed by atoms with Gasteiger partial charge in [-0.25, -0.2) is 4.98 Å². The Balaban J connectivity index is 1.37. The van der Waals surface area contributed by atoms with Crippen molar-refractivity contribution in [3.05, 3.63) is 58.4 Å². The summed E-state index contributed by atoms with van der Waals surface area (Å²) in [6, 6.07) is 8.01. The molecule has 1 saturated heterocycles. The fraction of sp³-hybridized carbons (Fsp3) is 0.333. The molecule has 0 atom stereocenters. The van der Waals surface area contributed by atoms with Gasteiger partial charge in [0, 0.05) is 44.1 Å². The predicted molar refractivity (Wildman–Crippen MR) is 96.8 cm³/mol. The number of hydrogen-bond acceptors (Lipinski definition) is 7. The van der Waals surface area contributed by atoms with Crippen LogP contribution in [0.1, 0.15) is 11.4 Å². The number of anilines is 1. The maximum Gasteiger partial charge on any atom is 0.290 e. The number of hydrogen-bond donors (Lipinski definition) is 1. The van der Waals surface area contributed by atoms with E-state index < -0.39 is 0 Å². The maximum absolute atomic E-state index is 11.8. The van der Waals surface area contributed by atoms with Crippen molar-refractivity contribution in [1.82, 2.24) is 25.0 Å². The fourth-order valence-corrected chi connectivity index (χ4v) is 3.02. The zero-order valence-corrected chi connectivity index (χ0v) is 14.6. The van der Waals surface area contributed by atoms with Crippen LogP contribution >= 0.6 is 0 Å². The molecule has 0 unspecified atom stereocenters. The zero-order valence-electron chi connectivity index (χ0n) is 14.6. The second kappa shape index (κ2) is 7.09. The van der Waals surface area contributed by atoms with E-state index >= 15 is 0 Å². The van der Waals surface area contributed by atoms with Crippen molar-refractivity contribution in [2.75, 3.05) is 31.1 Å². The molecule has 134 valence electrons. The largest absolute Gasteiger partial charge is 0.349 e. The molecule has 1 aliphatic heterocycles. The Morgan fingerprint density at radius 2 is 1.92 bits per heavy atom. The average Bonchev–Trinajstić information content (AvgIpc) is 3.12. The topological polar surface area (TPSA) is 91.2 Å². The Morgan fingerprint density at radius 1 is 1.15 bits per heavy atom. The van der Waals surface area contributed by atoms with E-state index in [9.17, 15) is 4.79 Å². The standard InChI is InChI=1S/C18H20N6O2/c1-13-2-4-14(5-3-13)18-21-15(22-26-18)12-23-8-10-24(11-9-23)16-17(25)20-7-6-19-16/h2-7H,8-12H2,1H3,(H,20,25). The lowest BCUT2D eigenvalue weighted by molar-refractivity contribution is 0.239. The van der Waals surface area contributed by atoms with Gasteiger partial charge in [0.1, 0.15) is 0 Å². The van der Waals surface area contributed by atoms with Crippen molar-refractivity contribution in [2.24, 2.45) is 0 Å². The molecule has 1 aromatic carbocycles. The SMILES string of the molecule is Cc1ccc(-c2nc(CN3CCN(c4ncc[nH]c4=O)CC3)no2)cc1. The molecule has 0 spiro atoms. The van der Waals surface area contributed by atoms with Crippen molar-refractivity contribution >= 4 is 5.82 Å². The summed E-state index contributed by atoms with van der Waals surface area (Å²) in [4.78, 5) is 27.4. The third-order valence-electron chi connectivity index (χ3n) is 4.49. The molecule has 8 nitrogen and oxygen atoms in total. The number of nitrogens with zero attached hydrogens (tertiary/aromatic N) is 5. The molecule has 3 aromatic rings. The molecule has 2 aromatic heterocycles. The number of aromatic amines is 1. The van der Waals surface area contributed by atoms with E-state index in [2.05, 4.69) is 25.0 Å². The molecule has 0 saturated carbocycles. The maximum atomic E-state index is 11.8. The lowest BCUT2D eigenvalue weighted by Gasteiger charge is -2.34. The highest BCUT2D eigenvalue weighted by Gasteiger charge is 2.21. The van der Waals surface area contributed by atoms with Gasteiger partial charge < -0.3 is 14.4 Å². The number of H-pyrrole nitrogens is 1. The summed E-state index contributed by atoms with van der Waals surface area (Å²) in [6.45, 7) is 5.77. The summed E-state index contributed by atoms with van der Waals surface area (Å²) in [5.41, 5.74) is 1.97. The quantitative estimate of drug-likeness (QED) is 0.760.